The van der Waals surface area contributed by atoms with Crippen LogP contribution in [0, 0.1) is 16.7 Å². The number of alkyl halides is 3. The molecule has 1 aliphatic rings. The maximum atomic E-state index is 12.2. The fourth-order valence-electron chi connectivity index (χ4n) is 2.10. The van der Waals surface area contributed by atoms with Gasteiger partial charge in [0.25, 0.3) is 0 Å². The van der Waals surface area contributed by atoms with Gasteiger partial charge in [-0.1, -0.05) is 12.5 Å². The third-order valence-electron chi connectivity index (χ3n) is 3.44. The lowest BCUT2D eigenvalue weighted by molar-refractivity contribution is -0.274. The van der Waals surface area contributed by atoms with Crippen LogP contribution in [-0.2, 0) is 0 Å². The van der Waals surface area contributed by atoms with E-state index in [4.69, 9.17) is 11.0 Å². The molecule has 1 aliphatic carbocycles. The minimum atomic E-state index is -4.75. The van der Waals surface area contributed by atoms with Gasteiger partial charge in [0, 0.05) is 11.8 Å². The van der Waals surface area contributed by atoms with Gasteiger partial charge in [0.1, 0.15) is 5.75 Å². The van der Waals surface area contributed by atoms with Crippen LogP contribution in [0.25, 0.3) is 0 Å². The third-order valence-corrected chi connectivity index (χ3v) is 3.44. The zero-order valence-electron chi connectivity index (χ0n) is 11.7. The van der Waals surface area contributed by atoms with E-state index >= 15 is 0 Å². The molecule has 1 aromatic carbocycles. The smallest absolute Gasteiger partial charge is 0.406 e. The molecule has 0 spiro atoms. The molecule has 1 aromatic rings. The molecule has 0 unspecified atom stereocenters. The predicted molar refractivity (Wildman–Crippen MR) is 75.1 cm³/mol. The van der Waals surface area contributed by atoms with Crippen molar-refractivity contribution >= 4 is 11.6 Å². The molecule has 3 N–H and O–H groups in total. The standard InChI is InChI=1S/C14H15F3N4O/c15-14(16,17)22-11-4-1-3-10(7-11)21-12(19)20-9-13(8-18)5-2-6-13/h1,3-4,7H,2,5-6,9H2,(H3,19,20,21). The number of benzene rings is 1. The summed E-state index contributed by atoms with van der Waals surface area (Å²) in [6, 6.07) is 7.52. The summed E-state index contributed by atoms with van der Waals surface area (Å²) in [6.07, 6.45) is -2.18. The number of ether oxygens (including phenoxy) is 1. The lowest BCUT2D eigenvalue weighted by Crippen LogP contribution is -2.33. The predicted octanol–water partition coefficient (Wildman–Crippen LogP) is 3.01. The van der Waals surface area contributed by atoms with E-state index in [1.54, 1.807) is 0 Å². The topological polar surface area (TPSA) is 83.4 Å². The van der Waals surface area contributed by atoms with Crippen LogP contribution in [0.3, 0.4) is 0 Å². The van der Waals surface area contributed by atoms with Crippen LogP contribution in [0.15, 0.2) is 29.3 Å². The number of anilines is 1. The normalized spacial score (nSPS) is 17.3. The highest BCUT2D eigenvalue weighted by Gasteiger charge is 2.37. The highest BCUT2D eigenvalue weighted by atomic mass is 19.4. The number of nitriles is 1. The Morgan fingerprint density at radius 2 is 2.18 bits per heavy atom. The first-order chi connectivity index (χ1) is 10.3. The Morgan fingerprint density at radius 3 is 2.73 bits per heavy atom. The largest absolute Gasteiger partial charge is 0.573 e. The van der Waals surface area contributed by atoms with Crippen LogP contribution in [0.4, 0.5) is 18.9 Å². The molecule has 0 radical (unpaired) electrons. The SMILES string of the molecule is N#CC1(CN=C(N)Nc2cccc(OC(F)(F)F)c2)CCC1. The third kappa shape index (κ3) is 4.28. The van der Waals surface area contributed by atoms with Crippen molar-refractivity contribution in [3.8, 4) is 11.8 Å². The Balaban J connectivity index is 1.98. The molecular formula is C14H15F3N4O. The summed E-state index contributed by atoms with van der Waals surface area (Å²) in [7, 11) is 0. The Labute approximate surface area is 125 Å². The van der Waals surface area contributed by atoms with E-state index in [2.05, 4.69) is 21.1 Å². The minimum absolute atomic E-state index is 0.0469. The van der Waals surface area contributed by atoms with Crippen molar-refractivity contribution in [2.75, 3.05) is 11.9 Å². The van der Waals surface area contributed by atoms with E-state index in [0.29, 0.717) is 5.69 Å². The second-order valence-corrected chi connectivity index (χ2v) is 5.15. The quantitative estimate of drug-likeness (QED) is 0.661. The zero-order valence-corrected chi connectivity index (χ0v) is 11.7. The van der Waals surface area contributed by atoms with Gasteiger partial charge in [-0.15, -0.1) is 13.2 Å². The number of nitrogens with zero attached hydrogens (tertiary/aromatic N) is 2. The van der Waals surface area contributed by atoms with Crippen LogP contribution in [0.2, 0.25) is 0 Å². The molecular weight excluding hydrogens is 297 g/mol. The number of hydrogen-bond acceptors (Lipinski definition) is 3. The Kier molecular flexibility index (Phi) is 4.45. The molecule has 0 aromatic heterocycles. The highest BCUT2D eigenvalue weighted by molar-refractivity contribution is 5.92. The Hall–Kier alpha value is -2.43. The van der Waals surface area contributed by atoms with Crippen molar-refractivity contribution in [2.24, 2.45) is 16.1 Å². The van der Waals surface area contributed by atoms with Gasteiger partial charge in [0.05, 0.1) is 18.0 Å². The number of rotatable bonds is 4. The molecule has 2 rings (SSSR count). The molecule has 1 fully saturated rings. The zero-order chi connectivity index (χ0) is 16.2. The molecule has 0 heterocycles. The number of nitrogens with two attached hydrogens (primary N) is 1. The summed E-state index contributed by atoms with van der Waals surface area (Å²) in [5.41, 5.74) is 5.56. The van der Waals surface area contributed by atoms with Crippen LogP contribution in [-0.4, -0.2) is 18.9 Å². The van der Waals surface area contributed by atoms with Crippen LogP contribution < -0.4 is 15.8 Å². The van der Waals surface area contributed by atoms with E-state index in [9.17, 15) is 13.2 Å². The van der Waals surface area contributed by atoms with Crippen molar-refractivity contribution in [3.05, 3.63) is 24.3 Å². The number of hydrogen-bond donors (Lipinski definition) is 2. The summed E-state index contributed by atoms with van der Waals surface area (Å²) in [4.78, 5) is 4.09. The molecule has 5 nitrogen and oxygen atoms in total. The summed E-state index contributed by atoms with van der Waals surface area (Å²) in [5, 5.41) is 11.8. The van der Waals surface area contributed by atoms with Gasteiger partial charge in [0.15, 0.2) is 5.96 Å². The second kappa shape index (κ2) is 6.13. The molecule has 118 valence electrons. The number of halogens is 3. The average Bonchev–Trinajstić information content (AvgIpc) is 2.36. The fraction of sp³-hybridized carbons (Fsp3) is 0.429. The molecule has 22 heavy (non-hydrogen) atoms. The Bertz CT molecular complexity index is 603. The number of nitrogens with one attached hydrogen (secondary N) is 1. The number of aliphatic imine (C=N–C) groups is 1. The molecule has 0 saturated heterocycles. The van der Waals surface area contributed by atoms with Crippen molar-refractivity contribution in [1.82, 2.24) is 0 Å². The second-order valence-electron chi connectivity index (χ2n) is 5.15. The monoisotopic (exact) mass is 312 g/mol. The first kappa shape index (κ1) is 15.9. The average molecular weight is 312 g/mol. The first-order valence-electron chi connectivity index (χ1n) is 6.66. The summed E-state index contributed by atoms with van der Waals surface area (Å²) < 4.78 is 40.3. The van der Waals surface area contributed by atoms with Gasteiger partial charge < -0.3 is 15.8 Å². The van der Waals surface area contributed by atoms with Gasteiger partial charge >= 0.3 is 6.36 Å². The van der Waals surface area contributed by atoms with Crippen LogP contribution in [0.1, 0.15) is 19.3 Å². The van der Waals surface area contributed by atoms with Gasteiger partial charge in [-0.05, 0) is 25.0 Å². The summed E-state index contributed by atoms with van der Waals surface area (Å²) >= 11 is 0. The van der Waals surface area contributed by atoms with Gasteiger partial charge in [-0.2, -0.15) is 5.26 Å². The first-order valence-corrected chi connectivity index (χ1v) is 6.66. The highest BCUT2D eigenvalue weighted by Crippen LogP contribution is 2.40. The van der Waals surface area contributed by atoms with Crippen molar-refractivity contribution in [2.45, 2.75) is 25.6 Å². The van der Waals surface area contributed by atoms with Crippen molar-refractivity contribution in [3.63, 3.8) is 0 Å². The summed E-state index contributed by atoms with van der Waals surface area (Å²) in [6.45, 7) is 0.279. The van der Waals surface area contributed by atoms with E-state index in [-0.39, 0.29) is 18.3 Å². The van der Waals surface area contributed by atoms with Crippen molar-refractivity contribution in [1.29, 1.82) is 5.26 Å². The van der Waals surface area contributed by atoms with Gasteiger partial charge in [-0.3, -0.25) is 4.99 Å². The summed E-state index contributed by atoms with van der Waals surface area (Å²) in [5.74, 6) is -0.302. The maximum absolute atomic E-state index is 12.2. The van der Waals surface area contributed by atoms with Crippen LogP contribution in [0.5, 0.6) is 5.75 Å². The van der Waals surface area contributed by atoms with Gasteiger partial charge in [0.2, 0.25) is 0 Å². The molecule has 0 atom stereocenters. The molecule has 1 saturated carbocycles. The van der Waals surface area contributed by atoms with E-state index < -0.39 is 11.8 Å². The van der Waals surface area contributed by atoms with Gasteiger partial charge in [-0.25, -0.2) is 0 Å². The lowest BCUT2D eigenvalue weighted by Gasteiger charge is -2.33. The Morgan fingerprint density at radius 1 is 1.45 bits per heavy atom. The lowest BCUT2D eigenvalue weighted by atomic mass is 9.70. The van der Waals surface area contributed by atoms with E-state index in [0.717, 1.165) is 19.3 Å². The number of guanidine groups is 1. The molecule has 0 amide bonds. The molecule has 0 aliphatic heterocycles. The van der Waals surface area contributed by atoms with E-state index in [1.165, 1.54) is 24.3 Å². The molecule has 8 heteroatoms. The maximum Gasteiger partial charge on any atom is 0.573 e. The van der Waals surface area contributed by atoms with Crippen LogP contribution >= 0.6 is 0 Å². The van der Waals surface area contributed by atoms with Crippen molar-refractivity contribution < 1.29 is 17.9 Å². The van der Waals surface area contributed by atoms with E-state index in [1.807, 2.05) is 0 Å². The minimum Gasteiger partial charge on any atom is -0.406 e. The fourth-order valence-corrected chi connectivity index (χ4v) is 2.10. The molecule has 0 bridgehead atoms.